The Kier molecular flexibility index (Phi) is 10.2. The third-order valence-corrected chi connectivity index (χ3v) is 8.74. The smallest absolute Gasteiger partial charge is 0.410 e. The zero-order chi connectivity index (χ0) is 31.3. The summed E-state index contributed by atoms with van der Waals surface area (Å²) in [7, 11) is 0. The molecule has 1 aliphatic rings. The zero-order valence-corrected chi connectivity index (χ0v) is 26.9. The number of fused-ring (bicyclic) bond motifs is 1. The van der Waals surface area contributed by atoms with Crippen LogP contribution < -0.4 is 10.6 Å². The number of carbonyl (C=O) groups is 4. The maximum Gasteiger partial charge on any atom is 0.410 e. The number of hydrogen-bond acceptors (Lipinski definition) is 8. The van der Waals surface area contributed by atoms with Crippen molar-refractivity contribution in [3.8, 4) is 0 Å². The lowest BCUT2D eigenvalue weighted by atomic mass is 10.0. The van der Waals surface area contributed by atoms with Crippen LogP contribution in [0.15, 0.2) is 53.4 Å². The Bertz CT molecular complexity index is 1510. The fourth-order valence-electron chi connectivity index (χ4n) is 4.42. The number of nitrogens with zero attached hydrogens (tertiary/aromatic N) is 1. The summed E-state index contributed by atoms with van der Waals surface area (Å²) in [5, 5.41) is 5.73. The second-order valence-corrected chi connectivity index (χ2v) is 13.7. The average molecular weight is 624 g/mol. The number of thiophene rings is 1. The molecule has 228 valence electrons. The SMILES string of the molecule is CCOC(=O)c1c(NC(=O)C(C)Sc2cccc(NC(=O)c3ccc(C)cc3)c2)sc2c1CCN(C(=O)OC(C)(C)C)C2. The Labute approximate surface area is 260 Å². The fraction of sp³-hybridized carbons (Fsp3) is 0.375. The molecule has 9 nitrogen and oxygen atoms in total. The highest BCUT2D eigenvalue weighted by molar-refractivity contribution is 8.00. The highest BCUT2D eigenvalue weighted by Crippen LogP contribution is 2.39. The molecule has 11 heteroatoms. The number of nitrogens with one attached hydrogen (secondary N) is 2. The van der Waals surface area contributed by atoms with Crippen LogP contribution in [0.25, 0.3) is 0 Å². The Balaban J connectivity index is 1.46. The monoisotopic (exact) mass is 623 g/mol. The van der Waals surface area contributed by atoms with E-state index < -0.39 is 22.9 Å². The summed E-state index contributed by atoms with van der Waals surface area (Å²) < 4.78 is 10.9. The normalized spacial score (nSPS) is 13.5. The summed E-state index contributed by atoms with van der Waals surface area (Å²) in [6.07, 6.45) is 0.0256. The van der Waals surface area contributed by atoms with E-state index in [0.717, 1.165) is 20.9 Å². The van der Waals surface area contributed by atoms with Gasteiger partial charge in [0.2, 0.25) is 5.91 Å². The summed E-state index contributed by atoms with van der Waals surface area (Å²) in [6.45, 7) is 11.8. The molecular formula is C32H37N3O6S2. The van der Waals surface area contributed by atoms with Gasteiger partial charge < -0.3 is 25.0 Å². The summed E-state index contributed by atoms with van der Waals surface area (Å²) in [5.41, 5.74) is 2.76. The lowest BCUT2D eigenvalue weighted by Gasteiger charge is -2.30. The molecule has 1 unspecified atom stereocenters. The largest absolute Gasteiger partial charge is 0.462 e. The van der Waals surface area contributed by atoms with Crippen LogP contribution in [0.4, 0.5) is 15.5 Å². The zero-order valence-electron chi connectivity index (χ0n) is 25.2. The lowest BCUT2D eigenvalue weighted by Crippen LogP contribution is -2.39. The van der Waals surface area contributed by atoms with Gasteiger partial charge in [-0.05, 0) is 83.9 Å². The van der Waals surface area contributed by atoms with E-state index >= 15 is 0 Å². The molecule has 0 aliphatic carbocycles. The highest BCUT2D eigenvalue weighted by atomic mass is 32.2. The summed E-state index contributed by atoms with van der Waals surface area (Å²) in [5.74, 6) is -1.00. The van der Waals surface area contributed by atoms with Crippen LogP contribution in [0.3, 0.4) is 0 Å². The van der Waals surface area contributed by atoms with Gasteiger partial charge in [-0.25, -0.2) is 9.59 Å². The average Bonchev–Trinajstić information content (AvgIpc) is 3.29. The van der Waals surface area contributed by atoms with E-state index in [1.54, 1.807) is 36.9 Å². The van der Waals surface area contributed by atoms with Crippen molar-refractivity contribution in [2.75, 3.05) is 23.8 Å². The molecule has 4 rings (SSSR count). The van der Waals surface area contributed by atoms with Gasteiger partial charge in [0.1, 0.15) is 10.6 Å². The summed E-state index contributed by atoms with van der Waals surface area (Å²) in [4.78, 5) is 54.9. The molecule has 1 aromatic heterocycles. The van der Waals surface area contributed by atoms with Gasteiger partial charge >= 0.3 is 12.1 Å². The van der Waals surface area contributed by atoms with E-state index in [1.165, 1.54) is 23.1 Å². The van der Waals surface area contributed by atoms with Crippen LogP contribution in [0.5, 0.6) is 0 Å². The minimum atomic E-state index is -0.623. The van der Waals surface area contributed by atoms with Gasteiger partial charge in [-0.1, -0.05) is 23.8 Å². The van der Waals surface area contributed by atoms with Crippen LogP contribution in [-0.2, 0) is 27.2 Å². The Hall–Kier alpha value is -3.83. The number of aryl methyl sites for hydroxylation is 1. The number of rotatable bonds is 8. The van der Waals surface area contributed by atoms with Crippen molar-refractivity contribution in [2.45, 2.75) is 70.3 Å². The summed E-state index contributed by atoms with van der Waals surface area (Å²) >= 11 is 2.61. The van der Waals surface area contributed by atoms with Gasteiger partial charge in [0.15, 0.2) is 0 Å². The van der Waals surface area contributed by atoms with Crippen molar-refractivity contribution in [2.24, 2.45) is 0 Å². The van der Waals surface area contributed by atoms with E-state index in [2.05, 4.69) is 10.6 Å². The van der Waals surface area contributed by atoms with Crippen LogP contribution in [-0.4, -0.2) is 52.8 Å². The van der Waals surface area contributed by atoms with E-state index in [1.807, 2.05) is 58.0 Å². The van der Waals surface area contributed by atoms with Gasteiger partial charge in [0, 0.05) is 27.6 Å². The Morgan fingerprint density at radius 2 is 1.79 bits per heavy atom. The Morgan fingerprint density at radius 3 is 2.47 bits per heavy atom. The first kappa shape index (κ1) is 32.1. The standard InChI is InChI=1S/C32H37N3O6S2/c1-7-40-30(38)26-24-15-16-35(31(39)41-32(4,5)6)18-25(24)43-29(26)34-27(36)20(3)42-23-10-8-9-22(17-23)33-28(37)21-13-11-19(2)12-14-21/h8-14,17,20H,7,15-16,18H2,1-6H3,(H,33,37)(H,34,36). The van der Waals surface area contributed by atoms with Crippen molar-refractivity contribution < 1.29 is 28.7 Å². The summed E-state index contributed by atoms with van der Waals surface area (Å²) in [6, 6.07) is 14.6. The number of esters is 1. The van der Waals surface area contributed by atoms with Gasteiger partial charge in [-0.15, -0.1) is 23.1 Å². The number of benzene rings is 2. The van der Waals surface area contributed by atoms with E-state index in [0.29, 0.717) is 34.8 Å². The first-order valence-electron chi connectivity index (χ1n) is 14.1. The topological polar surface area (TPSA) is 114 Å². The molecule has 0 fully saturated rings. The van der Waals surface area contributed by atoms with Crippen molar-refractivity contribution in [1.29, 1.82) is 0 Å². The maximum absolute atomic E-state index is 13.3. The van der Waals surface area contributed by atoms with E-state index in [9.17, 15) is 19.2 Å². The van der Waals surface area contributed by atoms with Crippen LogP contribution in [0.1, 0.15) is 71.3 Å². The molecule has 2 N–H and O–H groups in total. The fourth-order valence-corrected chi connectivity index (χ4v) is 6.60. The number of thioether (sulfide) groups is 1. The van der Waals surface area contributed by atoms with Crippen molar-refractivity contribution >= 4 is 57.7 Å². The van der Waals surface area contributed by atoms with Gasteiger partial charge in [-0.2, -0.15) is 0 Å². The van der Waals surface area contributed by atoms with Crippen molar-refractivity contribution in [3.63, 3.8) is 0 Å². The van der Waals surface area contributed by atoms with Gasteiger partial charge in [0.25, 0.3) is 5.91 Å². The molecule has 0 radical (unpaired) electrons. The van der Waals surface area contributed by atoms with Crippen LogP contribution in [0, 0.1) is 6.92 Å². The quantitative estimate of drug-likeness (QED) is 0.207. The molecule has 0 saturated heterocycles. The van der Waals surface area contributed by atoms with E-state index in [-0.39, 0.29) is 25.0 Å². The number of carbonyl (C=O) groups excluding carboxylic acids is 4. The number of hydrogen-bond donors (Lipinski definition) is 2. The highest BCUT2D eigenvalue weighted by Gasteiger charge is 2.33. The first-order valence-corrected chi connectivity index (χ1v) is 15.8. The van der Waals surface area contributed by atoms with Gasteiger partial charge in [0.05, 0.1) is 24.0 Å². The third-order valence-electron chi connectivity index (χ3n) is 6.51. The Morgan fingerprint density at radius 1 is 1.07 bits per heavy atom. The number of ether oxygens (including phenoxy) is 2. The minimum absolute atomic E-state index is 0.198. The molecule has 0 saturated carbocycles. The van der Waals surface area contributed by atoms with E-state index in [4.69, 9.17) is 9.47 Å². The first-order chi connectivity index (χ1) is 20.3. The molecule has 3 amide bonds. The molecule has 0 bridgehead atoms. The molecule has 43 heavy (non-hydrogen) atoms. The van der Waals surface area contributed by atoms with Crippen LogP contribution >= 0.6 is 23.1 Å². The number of anilines is 2. The number of amides is 3. The predicted molar refractivity (Wildman–Crippen MR) is 170 cm³/mol. The maximum atomic E-state index is 13.3. The minimum Gasteiger partial charge on any atom is -0.462 e. The third kappa shape index (κ3) is 8.39. The molecule has 3 aromatic rings. The van der Waals surface area contributed by atoms with Crippen molar-refractivity contribution in [1.82, 2.24) is 4.90 Å². The predicted octanol–water partition coefficient (Wildman–Crippen LogP) is 6.90. The van der Waals surface area contributed by atoms with Gasteiger partial charge in [-0.3, -0.25) is 9.59 Å². The van der Waals surface area contributed by atoms with Crippen molar-refractivity contribution in [3.05, 3.63) is 75.7 Å². The van der Waals surface area contributed by atoms with Crippen LogP contribution in [0.2, 0.25) is 0 Å². The molecule has 2 aromatic carbocycles. The lowest BCUT2D eigenvalue weighted by molar-refractivity contribution is -0.115. The molecule has 0 spiro atoms. The molecule has 1 atom stereocenters. The molecule has 2 heterocycles. The second kappa shape index (κ2) is 13.6. The molecule has 1 aliphatic heterocycles. The molecular weight excluding hydrogens is 587 g/mol. The second-order valence-electron chi connectivity index (χ2n) is 11.2.